The zero-order chi connectivity index (χ0) is 10.8. The second-order valence-electron chi connectivity index (χ2n) is 3.94. The van der Waals surface area contributed by atoms with Gasteiger partial charge in [-0.1, -0.05) is 25.5 Å². The van der Waals surface area contributed by atoms with Crippen LogP contribution in [0.1, 0.15) is 37.8 Å². The number of aliphatic hydroxyl groups is 1. The second-order valence-corrected chi connectivity index (χ2v) is 3.94. The van der Waals surface area contributed by atoms with Crippen molar-refractivity contribution in [1.29, 1.82) is 0 Å². The molecule has 0 radical (unpaired) electrons. The van der Waals surface area contributed by atoms with Gasteiger partial charge in [0.1, 0.15) is 5.82 Å². The molecule has 14 heavy (non-hydrogen) atoms. The van der Waals surface area contributed by atoms with E-state index in [9.17, 15) is 9.50 Å². The van der Waals surface area contributed by atoms with Crippen molar-refractivity contribution in [2.24, 2.45) is 0 Å². The lowest BCUT2D eigenvalue weighted by Crippen LogP contribution is -2.22. The van der Waals surface area contributed by atoms with E-state index in [2.05, 4.69) is 0 Å². The molecular formula is C12H17FO. The van der Waals surface area contributed by atoms with Gasteiger partial charge in [0.25, 0.3) is 0 Å². The van der Waals surface area contributed by atoms with Crippen LogP contribution < -0.4 is 0 Å². The molecule has 78 valence electrons. The summed E-state index contributed by atoms with van der Waals surface area (Å²) in [5.74, 6) is -0.251. The molecule has 0 saturated heterocycles. The van der Waals surface area contributed by atoms with Crippen LogP contribution in [-0.2, 0) is 5.60 Å². The van der Waals surface area contributed by atoms with Crippen molar-refractivity contribution in [1.82, 2.24) is 0 Å². The van der Waals surface area contributed by atoms with Gasteiger partial charge in [0.05, 0.1) is 5.60 Å². The summed E-state index contributed by atoms with van der Waals surface area (Å²) in [7, 11) is 0. The molecule has 0 aliphatic rings. The molecule has 0 aromatic heterocycles. The van der Waals surface area contributed by atoms with Gasteiger partial charge in [0.2, 0.25) is 0 Å². The van der Waals surface area contributed by atoms with Gasteiger partial charge in [-0.2, -0.15) is 0 Å². The van der Waals surface area contributed by atoms with Crippen LogP contribution in [0.3, 0.4) is 0 Å². The molecule has 1 aromatic rings. The van der Waals surface area contributed by atoms with Gasteiger partial charge >= 0.3 is 0 Å². The minimum Gasteiger partial charge on any atom is -0.385 e. The summed E-state index contributed by atoms with van der Waals surface area (Å²) in [6, 6.07) is 4.84. The van der Waals surface area contributed by atoms with Crippen LogP contribution in [-0.4, -0.2) is 5.11 Å². The molecule has 0 aliphatic heterocycles. The normalized spacial score (nSPS) is 15.2. The molecule has 0 heterocycles. The van der Waals surface area contributed by atoms with E-state index in [-0.39, 0.29) is 5.82 Å². The fourth-order valence-electron chi connectivity index (χ4n) is 1.81. The first-order valence-electron chi connectivity index (χ1n) is 4.97. The first-order valence-corrected chi connectivity index (χ1v) is 4.97. The Labute approximate surface area is 84.6 Å². The van der Waals surface area contributed by atoms with Crippen LogP contribution in [0.2, 0.25) is 0 Å². The monoisotopic (exact) mass is 196 g/mol. The Morgan fingerprint density at radius 1 is 1.43 bits per heavy atom. The largest absolute Gasteiger partial charge is 0.385 e. The van der Waals surface area contributed by atoms with E-state index in [1.54, 1.807) is 26.0 Å². The molecule has 0 aliphatic carbocycles. The fourth-order valence-corrected chi connectivity index (χ4v) is 1.81. The maximum atomic E-state index is 13.2. The lowest BCUT2D eigenvalue weighted by molar-refractivity contribution is 0.0460. The van der Waals surface area contributed by atoms with Gasteiger partial charge in [-0.3, -0.25) is 0 Å². The highest BCUT2D eigenvalue weighted by atomic mass is 19.1. The zero-order valence-electron chi connectivity index (χ0n) is 8.97. The summed E-state index contributed by atoms with van der Waals surface area (Å²) in [4.78, 5) is 0. The lowest BCUT2D eigenvalue weighted by atomic mass is 9.88. The average Bonchev–Trinajstić information content (AvgIpc) is 2.09. The van der Waals surface area contributed by atoms with E-state index < -0.39 is 5.60 Å². The molecule has 1 N–H and O–H groups in total. The van der Waals surface area contributed by atoms with Gasteiger partial charge in [-0.15, -0.1) is 0 Å². The molecule has 1 unspecified atom stereocenters. The Balaban J connectivity index is 3.12. The number of rotatable bonds is 3. The number of hydrogen-bond donors (Lipinski definition) is 1. The van der Waals surface area contributed by atoms with Crippen molar-refractivity contribution in [3.63, 3.8) is 0 Å². The first kappa shape index (κ1) is 11.2. The summed E-state index contributed by atoms with van der Waals surface area (Å²) in [6.45, 7) is 5.44. The summed E-state index contributed by atoms with van der Waals surface area (Å²) < 4.78 is 13.2. The van der Waals surface area contributed by atoms with Crippen LogP contribution in [0.25, 0.3) is 0 Å². The predicted molar refractivity (Wildman–Crippen MR) is 55.6 cm³/mol. The highest BCUT2D eigenvalue weighted by molar-refractivity contribution is 5.31. The second kappa shape index (κ2) is 4.09. The molecule has 1 nitrogen and oxygen atoms in total. The average molecular weight is 196 g/mol. The summed E-state index contributed by atoms with van der Waals surface area (Å²) in [5.41, 5.74) is 0.325. The van der Waals surface area contributed by atoms with Crippen LogP contribution in [0.15, 0.2) is 18.2 Å². The van der Waals surface area contributed by atoms with Gasteiger partial charge in [-0.25, -0.2) is 4.39 Å². The molecule has 1 rings (SSSR count). The van der Waals surface area contributed by atoms with E-state index in [0.717, 1.165) is 6.42 Å². The van der Waals surface area contributed by atoms with Crippen molar-refractivity contribution in [2.75, 3.05) is 0 Å². The molecule has 0 amide bonds. The Morgan fingerprint density at radius 2 is 2.07 bits per heavy atom. The molecule has 0 fully saturated rings. The van der Waals surface area contributed by atoms with Crippen LogP contribution >= 0.6 is 0 Å². The van der Waals surface area contributed by atoms with Crippen molar-refractivity contribution >= 4 is 0 Å². The molecule has 0 saturated carbocycles. The van der Waals surface area contributed by atoms with E-state index in [4.69, 9.17) is 0 Å². The van der Waals surface area contributed by atoms with Crippen LogP contribution in [0.5, 0.6) is 0 Å². The maximum absolute atomic E-state index is 13.2. The van der Waals surface area contributed by atoms with Gasteiger partial charge in [0, 0.05) is 0 Å². The Kier molecular flexibility index (Phi) is 3.27. The number of hydrogen-bond acceptors (Lipinski definition) is 1. The SMILES string of the molecule is CCCC(C)(O)c1cccc(F)c1C. The van der Waals surface area contributed by atoms with Crippen LogP contribution in [0.4, 0.5) is 4.39 Å². The fraction of sp³-hybridized carbons (Fsp3) is 0.500. The summed E-state index contributed by atoms with van der Waals surface area (Å²) in [6.07, 6.45) is 1.53. The van der Waals surface area contributed by atoms with Gasteiger partial charge in [-0.05, 0) is 37.5 Å². The van der Waals surface area contributed by atoms with E-state index in [0.29, 0.717) is 17.5 Å². The third kappa shape index (κ3) is 2.13. The number of halogens is 1. The quantitative estimate of drug-likeness (QED) is 0.787. The zero-order valence-corrected chi connectivity index (χ0v) is 8.97. The van der Waals surface area contributed by atoms with Crippen molar-refractivity contribution < 1.29 is 9.50 Å². The van der Waals surface area contributed by atoms with E-state index >= 15 is 0 Å². The highest BCUT2D eigenvalue weighted by Gasteiger charge is 2.24. The molecular weight excluding hydrogens is 179 g/mol. The molecule has 1 atom stereocenters. The van der Waals surface area contributed by atoms with Gasteiger partial charge in [0.15, 0.2) is 0 Å². The van der Waals surface area contributed by atoms with Crippen molar-refractivity contribution in [2.45, 2.75) is 39.2 Å². The smallest absolute Gasteiger partial charge is 0.126 e. The molecule has 1 aromatic carbocycles. The Hall–Kier alpha value is -0.890. The standard InChI is InChI=1S/C12H17FO/c1-4-8-12(3,14)10-6-5-7-11(13)9(10)2/h5-7,14H,4,8H2,1-3H3. The highest BCUT2D eigenvalue weighted by Crippen LogP contribution is 2.29. The predicted octanol–water partition coefficient (Wildman–Crippen LogP) is 3.14. The third-order valence-electron chi connectivity index (χ3n) is 2.58. The first-order chi connectivity index (χ1) is 6.49. The van der Waals surface area contributed by atoms with E-state index in [1.807, 2.05) is 6.92 Å². The Morgan fingerprint density at radius 3 is 2.64 bits per heavy atom. The van der Waals surface area contributed by atoms with Crippen molar-refractivity contribution in [3.05, 3.63) is 35.1 Å². The summed E-state index contributed by atoms with van der Waals surface area (Å²) in [5, 5.41) is 10.1. The van der Waals surface area contributed by atoms with Crippen LogP contribution in [0, 0.1) is 12.7 Å². The lowest BCUT2D eigenvalue weighted by Gasteiger charge is -2.25. The molecule has 2 heteroatoms. The minimum absolute atomic E-state index is 0.251. The van der Waals surface area contributed by atoms with E-state index in [1.165, 1.54) is 6.07 Å². The topological polar surface area (TPSA) is 20.2 Å². The minimum atomic E-state index is -0.916. The molecule has 0 spiro atoms. The van der Waals surface area contributed by atoms with Crippen molar-refractivity contribution in [3.8, 4) is 0 Å². The third-order valence-corrected chi connectivity index (χ3v) is 2.58. The summed E-state index contributed by atoms with van der Waals surface area (Å²) >= 11 is 0. The maximum Gasteiger partial charge on any atom is 0.126 e. The van der Waals surface area contributed by atoms with Gasteiger partial charge < -0.3 is 5.11 Å². The molecule has 0 bridgehead atoms. The number of benzene rings is 1. The Bertz CT molecular complexity index is 318.